The molecule has 0 aliphatic rings. The first-order valence-electron chi connectivity index (χ1n) is 5.35. The van der Waals surface area contributed by atoms with E-state index in [-0.39, 0.29) is 5.82 Å². The highest BCUT2D eigenvalue weighted by molar-refractivity contribution is 7.99. The van der Waals surface area contributed by atoms with Crippen molar-refractivity contribution < 1.29 is 8.81 Å². The lowest BCUT2D eigenvalue weighted by atomic mass is 10.2. The third kappa shape index (κ3) is 2.90. The fourth-order valence-electron chi connectivity index (χ4n) is 1.57. The van der Waals surface area contributed by atoms with Crippen molar-refractivity contribution in [3.63, 3.8) is 0 Å². The van der Waals surface area contributed by atoms with E-state index in [0.717, 1.165) is 21.1 Å². The van der Waals surface area contributed by atoms with Crippen LogP contribution in [0.15, 0.2) is 44.7 Å². The summed E-state index contributed by atoms with van der Waals surface area (Å²) in [6.45, 7) is 2.57. The fraction of sp³-hybridized carbons (Fsp3) is 0.231. The molecule has 2 nitrogen and oxygen atoms in total. The van der Waals surface area contributed by atoms with Crippen molar-refractivity contribution in [2.75, 3.05) is 7.05 Å². The summed E-state index contributed by atoms with van der Waals surface area (Å²) in [5.74, 6) is 0.679. The van der Waals surface area contributed by atoms with E-state index in [4.69, 9.17) is 4.42 Å². The van der Waals surface area contributed by atoms with Crippen LogP contribution in [0.1, 0.15) is 11.3 Å². The van der Waals surface area contributed by atoms with E-state index < -0.39 is 0 Å². The van der Waals surface area contributed by atoms with E-state index >= 15 is 0 Å². The number of furan rings is 1. The van der Waals surface area contributed by atoms with Crippen LogP contribution in [0.2, 0.25) is 0 Å². The van der Waals surface area contributed by atoms with E-state index in [1.54, 1.807) is 30.2 Å². The van der Waals surface area contributed by atoms with Crippen molar-refractivity contribution in [1.29, 1.82) is 0 Å². The standard InChI is InChI=1S/C13H14FNOS/c1-9-12(5-6-16-9)17-13-4-3-11(14)7-10(13)8-15-2/h3-7,15H,8H2,1-2H3. The largest absolute Gasteiger partial charge is 0.468 e. The molecule has 1 aromatic carbocycles. The van der Waals surface area contributed by atoms with E-state index in [1.807, 2.05) is 20.0 Å². The molecule has 0 spiro atoms. The van der Waals surface area contributed by atoms with Gasteiger partial charge in [-0.2, -0.15) is 0 Å². The van der Waals surface area contributed by atoms with Crippen molar-refractivity contribution in [3.05, 3.63) is 47.7 Å². The molecule has 0 bridgehead atoms. The lowest BCUT2D eigenvalue weighted by molar-refractivity contribution is 0.527. The Hall–Kier alpha value is -1.26. The van der Waals surface area contributed by atoms with Gasteiger partial charge >= 0.3 is 0 Å². The lowest BCUT2D eigenvalue weighted by Crippen LogP contribution is -2.06. The predicted molar refractivity (Wildman–Crippen MR) is 66.7 cm³/mol. The minimum Gasteiger partial charge on any atom is -0.468 e. The van der Waals surface area contributed by atoms with Crippen LogP contribution in [0.25, 0.3) is 0 Å². The number of hydrogen-bond acceptors (Lipinski definition) is 3. The molecular formula is C13H14FNOS. The van der Waals surface area contributed by atoms with Crippen LogP contribution in [0.5, 0.6) is 0 Å². The maximum absolute atomic E-state index is 13.2. The van der Waals surface area contributed by atoms with Crippen LogP contribution in [-0.4, -0.2) is 7.05 Å². The normalized spacial score (nSPS) is 10.8. The highest BCUT2D eigenvalue weighted by Crippen LogP contribution is 2.33. The second-order valence-electron chi connectivity index (χ2n) is 3.73. The highest BCUT2D eigenvalue weighted by Gasteiger charge is 2.08. The number of nitrogens with one attached hydrogen (secondary N) is 1. The van der Waals surface area contributed by atoms with Crippen LogP contribution in [0.4, 0.5) is 4.39 Å². The molecular weight excluding hydrogens is 237 g/mol. The zero-order chi connectivity index (χ0) is 12.3. The quantitative estimate of drug-likeness (QED) is 0.898. The molecule has 1 N–H and O–H groups in total. The average molecular weight is 251 g/mol. The van der Waals surface area contributed by atoms with Crippen LogP contribution >= 0.6 is 11.8 Å². The van der Waals surface area contributed by atoms with E-state index in [0.29, 0.717) is 6.54 Å². The van der Waals surface area contributed by atoms with Crippen LogP contribution in [-0.2, 0) is 6.54 Å². The minimum atomic E-state index is -0.205. The van der Waals surface area contributed by atoms with Crippen molar-refractivity contribution in [1.82, 2.24) is 5.32 Å². The molecule has 0 amide bonds. The molecule has 0 atom stereocenters. The van der Waals surface area contributed by atoms with Gasteiger partial charge in [-0.25, -0.2) is 4.39 Å². The molecule has 1 aromatic heterocycles. The average Bonchev–Trinajstić information content (AvgIpc) is 2.69. The van der Waals surface area contributed by atoms with Crippen molar-refractivity contribution in [2.45, 2.75) is 23.3 Å². The van der Waals surface area contributed by atoms with Gasteiger partial charge in [0, 0.05) is 11.4 Å². The molecule has 90 valence electrons. The number of benzene rings is 1. The number of halogens is 1. The zero-order valence-corrected chi connectivity index (χ0v) is 10.6. The topological polar surface area (TPSA) is 25.2 Å². The van der Waals surface area contributed by atoms with Gasteiger partial charge in [0.1, 0.15) is 11.6 Å². The molecule has 2 aromatic rings. The lowest BCUT2D eigenvalue weighted by Gasteiger charge is -2.08. The van der Waals surface area contributed by atoms with Gasteiger partial charge in [0.2, 0.25) is 0 Å². The first kappa shape index (κ1) is 12.2. The molecule has 0 radical (unpaired) electrons. The van der Waals surface area contributed by atoms with Gasteiger partial charge < -0.3 is 9.73 Å². The first-order valence-corrected chi connectivity index (χ1v) is 6.17. The Morgan fingerprint density at radius 1 is 1.29 bits per heavy atom. The zero-order valence-electron chi connectivity index (χ0n) is 9.79. The summed E-state index contributed by atoms with van der Waals surface area (Å²) in [5, 5.41) is 3.04. The Morgan fingerprint density at radius 2 is 2.12 bits per heavy atom. The van der Waals surface area contributed by atoms with Crippen LogP contribution < -0.4 is 5.32 Å². The van der Waals surface area contributed by atoms with Gasteiger partial charge in [0.25, 0.3) is 0 Å². The van der Waals surface area contributed by atoms with Gasteiger partial charge in [0.15, 0.2) is 0 Å². The first-order chi connectivity index (χ1) is 8.20. The number of aryl methyl sites for hydroxylation is 1. The summed E-state index contributed by atoms with van der Waals surface area (Å²) in [4.78, 5) is 2.11. The molecule has 1 heterocycles. The van der Waals surface area contributed by atoms with Crippen LogP contribution in [0.3, 0.4) is 0 Å². The second-order valence-corrected chi connectivity index (χ2v) is 4.81. The summed E-state index contributed by atoms with van der Waals surface area (Å²) in [6.07, 6.45) is 1.67. The Balaban J connectivity index is 2.29. The summed E-state index contributed by atoms with van der Waals surface area (Å²) >= 11 is 1.60. The van der Waals surface area contributed by atoms with Gasteiger partial charge in [0.05, 0.1) is 11.2 Å². The van der Waals surface area contributed by atoms with Gasteiger partial charge in [-0.05, 0) is 43.8 Å². The molecule has 0 fully saturated rings. The maximum Gasteiger partial charge on any atom is 0.123 e. The van der Waals surface area contributed by atoms with Crippen molar-refractivity contribution in [3.8, 4) is 0 Å². The van der Waals surface area contributed by atoms with Crippen molar-refractivity contribution in [2.24, 2.45) is 0 Å². The fourth-order valence-corrected chi connectivity index (χ4v) is 2.52. The Kier molecular flexibility index (Phi) is 3.86. The molecule has 0 saturated heterocycles. The van der Waals surface area contributed by atoms with E-state index in [1.165, 1.54) is 6.07 Å². The number of rotatable bonds is 4. The second kappa shape index (κ2) is 5.38. The Morgan fingerprint density at radius 3 is 2.76 bits per heavy atom. The van der Waals surface area contributed by atoms with Gasteiger partial charge in [-0.3, -0.25) is 0 Å². The van der Waals surface area contributed by atoms with Gasteiger partial charge in [-0.1, -0.05) is 11.8 Å². The summed E-state index contributed by atoms with van der Waals surface area (Å²) < 4.78 is 18.4. The Bertz CT molecular complexity index is 510. The molecule has 0 aliphatic carbocycles. The minimum absolute atomic E-state index is 0.205. The van der Waals surface area contributed by atoms with Crippen LogP contribution in [0, 0.1) is 12.7 Å². The van der Waals surface area contributed by atoms with E-state index in [9.17, 15) is 4.39 Å². The molecule has 0 aliphatic heterocycles. The van der Waals surface area contributed by atoms with Gasteiger partial charge in [-0.15, -0.1) is 0 Å². The molecule has 17 heavy (non-hydrogen) atoms. The van der Waals surface area contributed by atoms with Crippen molar-refractivity contribution >= 4 is 11.8 Å². The molecule has 0 unspecified atom stereocenters. The monoisotopic (exact) mass is 251 g/mol. The molecule has 4 heteroatoms. The smallest absolute Gasteiger partial charge is 0.123 e. The molecule has 2 rings (SSSR count). The summed E-state index contributed by atoms with van der Waals surface area (Å²) in [7, 11) is 1.85. The highest BCUT2D eigenvalue weighted by atomic mass is 32.2. The Labute approximate surface area is 104 Å². The van der Waals surface area contributed by atoms with E-state index in [2.05, 4.69) is 5.32 Å². The predicted octanol–water partition coefficient (Wildman–Crippen LogP) is 3.60. The summed E-state index contributed by atoms with van der Waals surface area (Å²) in [6, 6.07) is 6.77. The SMILES string of the molecule is CNCc1cc(F)ccc1Sc1ccoc1C. The molecule has 0 saturated carbocycles. The third-order valence-electron chi connectivity index (χ3n) is 2.42. The number of hydrogen-bond donors (Lipinski definition) is 1. The third-order valence-corrected chi connectivity index (χ3v) is 3.68. The summed E-state index contributed by atoms with van der Waals surface area (Å²) in [5.41, 5.74) is 0.957. The maximum atomic E-state index is 13.2.